The summed E-state index contributed by atoms with van der Waals surface area (Å²) in [5.74, 6) is 0. The van der Waals surface area contributed by atoms with Crippen molar-refractivity contribution in [1.29, 1.82) is 5.41 Å². The molecule has 2 N–H and O–H groups in total. The average Bonchev–Trinajstić information content (AvgIpc) is 3.41. The second kappa shape index (κ2) is 9.97. The fraction of sp³-hybridized carbons (Fsp3) is 0.429. The molecular formula is C21H29N7O. The lowest BCUT2D eigenvalue weighted by Crippen LogP contribution is -2.11. The molecule has 3 aromatic rings. The summed E-state index contributed by atoms with van der Waals surface area (Å²) < 4.78 is 8.88. The molecule has 154 valence electrons. The van der Waals surface area contributed by atoms with Crippen LogP contribution in [0.25, 0.3) is 22.3 Å². The molecule has 0 saturated heterocycles. The van der Waals surface area contributed by atoms with Gasteiger partial charge in [-0.15, -0.1) is 0 Å². The second-order valence-corrected chi connectivity index (χ2v) is 6.86. The van der Waals surface area contributed by atoms with Crippen molar-refractivity contribution in [3.63, 3.8) is 0 Å². The molecule has 0 aliphatic rings. The Morgan fingerprint density at radius 3 is 2.83 bits per heavy atom. The maximum absolute atomic E-state index is 7.83. The van der Waals surface area contributed by atoms with Crippen molar-refractivity contribution in [3.8, 4) is 11.3 Å². The van der Waals surface area contributed by atoms with Gasteiger partial charge in [0.25, 0.3) is 0 Å². The Morgan fingerprint density at radius 2 is 2.10 bits per heavy atom. The first kappa shape index (κ1) is 20.7. The Bertz CT molecular complexity index is 968. The molecule has 0 radical (unpaired) electrons. The number of hydrogen-bond acceptors (Lipinski definition) is 6. The number of nitrogens with one attached hydrogen (secondary N) is 2. The van der Waals surface area contributed by atoms with Gasteiger partial charge in [0.05, 0.1) is 41.5 Å². The van der Waals surface area contributed by atoms with E-state index in [1.807, 2.05) is 35.5 Å². The van der Waals surface area contributed by atoms with Crippen LogP contribution in [-0.4, -0.2) is 50.9 Å². The highest BCUT2D eigenvalue weighted by molar-refractivity contribution is 6.07. The molecule has 0 bridgehead atoms. The first-order valence-electron chi connectivity index (χ1n) is 10.0. The monoisotopic (exact) mass is 395 g/mol. The largest absolute Gasteiger partial charge is 0.390 e. The zero-order valence-corrected chi connectivity index (χ0v) is 17.3. The summed E-state index contributed by atoms with van der Waals surface area (Å²) in [4.78, 5) is 4.86. The van der Waals surface area contributed by atoms with E-state index in [2.05, 4.69) is 29.4 Å². The van der Waals surface area contributed by atoms with Crippen molar-refractivity contribution in [1.82, 2.24) is 29.7 Å². The van der Waals surface area contributed by atoms with Gasteiger partial charge in [0, 0.05) is 50.0 Å². The van der Waals surface area contributed by atoms with Crippen LogP contribution in [0.3, 0.4) is 0 Å². The Hall–Kier alpha value is -3.00. The minimum absolute atomic E-state index is 0.376. The van der Waals surface area contributed by atoms with Crippen LogP contribution >= 0.6 is 0 Å². The predicted octanol–water partition coefficient (Wildman–Crippen LogP) is 3.57. The maximum atomic E-state index is 7.83. The Kier molecular flexibility index (Phi) is 7.13. The lowest BCUT2D eigenvalue weighted by molar-refractivity contribution is 0.195. The predicted molar refractivity (Wildman–Crippen MR) is 115 cm³/mol. The van der Waals surface area contributed by atoms with E-state index in [0.29, 0.717) is 23.9 Å². The molecule has 3 heterocycles. The van der Waals surface area contributed by atoms with Crippen molar-refractivity contribution in [3.05, 3.63) is 42.7 Å². The van der Waals surface area contributed by atoms with Gasteiger partial charge in [0.15, 0.2) is 0 Å². The SMILES string of the molecule is CCC(CC)n1cc(-c2nc(/C(C=N)=C/NCCCOC)cn3nccc23)cn1. The standard InChI is InChI=1S/C21H29N7O/c1-4-18(5-2)27-14-17(13-25-27)21-20-7-9-24-28(20)15-19(26-21)16(11-22)12-23-8-6-10-29-3/h7,9,11-15,18,22-23H,4-6,8,10H2,1-3H3/b16-12+,22-11?. The normalized spacial score (nSPS) is 12.1. The molecule has 0 saturated carbocycles. The van der Waals surface area contributed by atoms with Crippen LogP contribution in [0, 0.1) is 5.41 Å². The van der Waals surface area contributed by atoms with Crippen LogP contribution in [0.2, 0.25) is 0 Å². The van der Waals surface area contributed by atoms with Gasteiger partial charge in [-0.25, -0.2) is 9.50 Å². The lowest BCUT2D eigenvalue weighted by Gasteiger charge is -2.12. The second-order valence-electron chi connectivity index (χ2n) is 6.86. The molecule has 0 atom stereocenters. The van der Waals surface area contributed by atoms with Crippen LogP contribution in [-0.2, 0) is 4.74 Å². The van der Waals surface area contributed by atoms with Crippen molar-refractivity contribution >= 4 is 17.3 Å². The Morgan fingerprint density at radius 1 is 1.28 bits per heavy atom. The van der Waals surface area contributed by atoms with Crippen LogP contribution in [0.5, 0.6) is 0 Å². The molecule has 0 amide bonds. The number of hydrogen-bond donors (Lipinski definition) is 2. The summed E-state index contributed by atoms with van der Waals surface area (Å²) in [6.07, 6.45) is 13.6. The fourth-order valence-electron chi connectivity index (χ4n) is 3.29. The number of nitrogens with zero attached hydrogens (tertiary/aromatic N) is 5. The summed E-state index contributed by atoms with van der Waals surface area (Å²) in [5, 5.41) is 20.0. The topological polar surface area (TPSA) is 93.1 Å². The molecule has 0 spiro atoms. The average molecular weight is 396 g/mol. The van der Waals surface area contributed by atoms with Gasteiger partial charge < -0.3 is 15.5 Å². The molecule has 3 aromatic heterocycles. The number of allylic oxidation sites excluding steroid dienone is 1. The zero-order valence-electron chi connectivity index (χ0n) is 17.3. The van der Waals surface area contributed by atoms with Gasteiger partial charge in [0.2, 0.25) is 0 Å². The van der Waals surface area contributed by atoms with Crippen LogP contribution in [0.1, 0.15) is 44.8 Å². The van der Waals surface area contributed by atoms with E-state index >= 15 is 0 Å². The van der Waals surface area contributed by atoms with Gasteiger partial charge in [-0.1, -0.05) is 13.8 Å². The lowest BCUT2D eigenvalue weighted by atomic mass is 10.1. The van der Waals surface area contributed by atoms with Gasteiger partial charge in [0.1, 0.15) is 0 Å². The van der Waals surface area contributed by atoms with Crippen molar-refractivity contribution < 1.29 is 4.74 Å². The number of fused-ring (bicyclic) bond motifs is 1. The summed E-state index contributed by atoms with van der Waals surface area (Å²) >= 11 is 0. The zero-order chi connectivity index (χ0) is 20.6. The molecule has 0 aliphatic heterocycles. The van der Waals surface area contributed by atoms with Crippen LogP contribution in [0.15, 0.2) is 37.1 Å². The third kappa shape index (κ3) is 4.71. The van der Waals surface area contributed by atoms with E-state index in [1.54, 1.807) is 17.8 Å². The Labute approximate surface area is 171 Å². The number of ether oxygens (including phenoxy) is 1. The minimum atomic E-state index is 0.376. The molecule has 8 nitrogen and oxygen atoms in total. The number of methoxy groups -OCH3 is 1. The maximum Gasteiger partial charge on any atom is 0.0999 e. The number of rotatable bonds is 11. The third-order valence-corrected chi connectivity index (χ3v) is 4.96. The van der Waals surface area contributed by atoms with Gasteiger partial charge in [-0.3, -0.25) is 4.68 Å². The molecule has 0 fully saturated rings. The summed E-state index contributed by atoms with van der Waals surface area (Å²) in [5.41, 5.74) is 4.04. The van der Waals surface area contributed by atoms with Gasteiger partial charge in [-0.05, 0) is 25.3 Å². The first-order chi connectivity index (χ1) is 14.2. The highest BCUT2D eigenvalue weighted by Gasteiger charge is 2.15. The quantitative estimate of drug-likeness (QED) is 0.382. The van der Waals surface area contributed by atoms with E-state index in [1.165, 1.54) is 6.21 Å². The molecule has 3 rings (SSSR count). The first-order valence-corrected chi connectivity index (χ1v) is 10.0. The van der Waals surface area contributed by atoms with Crippen molar-refractivity contribution in [2.45, 2.75) is 39.2 Å². The smallest absolute Gasteiger partial charge is 0.0999 e. The van der Waals surface area contributed by atoms with E-state index in [4.69, 9.17) is 15.1 Å². The highest BCUT2D eigenvalue weighted by Crippen LogP contribution is 2.26. The minimum Gasteiger partial charge on any atom is -0.390 e. The van der Waals surface area contributed by atoms with E-state index < -0.39 is 0 Å². The summed E-state index contributed by atoms with van der Waals surface area (Å²) in [6, 6.07) is 2.32. The Balaban J connectivity index is 1.95. The molecule has 8 heteroatoms. The molecular weight excluding hydrogens is 366 g/mol. The number of aromatic nitrogens is 5. The molecule has 0 aromatic carbocycles. The molecule has 0 unspecified atom stereocenters. The van der Waals surface area contributed by atoms with E-state index in [9.17, 15) is 0 Å². The highest BCUT2D eigenvalue weighted by atomic mass is 16.5. The van der Waals surface area contributed by atoms with Gasteiger partial charge >= 0.3 is 0 Å². The van der Waals surface area contributed by atoms with Crippen LogP contribution < -0.4 is 5.32 Å². The molecule has 29 heavy (non-hydrogen) atoms. The van der Waals surface area contributed by atoms with E-state index in [-0.39, 0.29) is 0 Å². The third-order valence-electron chi connectivity index (χ3n) is 4.96. The van der Waals surface area contributed by atoms with Gasteiger partial charge in [-0.2, -0.15) is 10.2 Å². The van der Waals surface area contributed by atoms with Crippen LogP contribution in [0.4, 0.5) is 0 Å². The summed E-state index contributed by atoms with van der Waals surface area (Å²) in [7, 11) is 1.69. The van der Waals surface area contributed by atoms with Crippen molar-refractivity contribution in [2.24, 2.45) is 0 Å². The fourth-order valence-corrected chi connectivity index (χ4v) is 3.29. The van der Waals surface area contributed by atoms with Crippen molar-refractivity contribution in [2.75, 3.05) is 20.3 Å². The van der Waals surface area contributed by atoms with E-state index in [0.717, 1.165) is 42.6 Å². The molecule has 0 aliphatic carbocycles. The summed E-state index contributed by atoms with van der Waals surface area (Å²) in [6.45, 7) is 5.81.